The van der Waals surface area contributed by atoms with Gasteiger partial charge in [-0.2, -0.15) is 0 Å². The molecule has 0 saturated carbocycles. The SMILES string of the molecule is O=C(/C=C/C1=CC=C[CH]1)c1ccccc1.[CH]1C=CC=C1.[Fe]. The first-order chi connectivity index (χ1) is 9.86. The Hall–Kier alpha value is -1.89. The number of carbonyl (C=O) groups is 1. The van der Waals surface area contributed by atoms with Crippen LogP contribution in [0.4, 0.5) is 0 Å². The van der Waals surface area contributed by atoms with Gasteiger partial charge in [-0.05, 0) is 11.6 Å². The Morgan fingerprint density at radius 2 is 1.57 bits per heavy atom. The summed E-state index contributed by atoms with van der Waals surface area (Å²) in [5.74, 6) is 0.0387. The van der Waals surface area contributed by atoms with Gasteiger partial charge < -0.3 is 0 Å². The maximum absolute atomic E-state index is 11.7. The zero-order valence-electron chi connectivity index (χ0n) is 11.5. The van der Waals surface area contributed by atoms with Crippen molar-refractivity contribution < 1.29 is 21.9 Å². The van der Waals surface area contributed by atoms with Gasteiger partial charge in [-0.25, -0.2) is 0 Å². The Bertz CT molecular complexity index is 579. The molecule has 0 amide bonds. The second-order valence-corrected chi connectivity index (χ2v) is 4.24. The molecule has 3 rings (SSSR count). The molecule has 2 radical (unpaired) electrons. The summed E-state index contributed by atoms with van der Waals surface area (Å²) in [5.41, 5.74) is 1.78. The third kappa shape index (κ3) is 6.39. The molecule has 0 N–H and O–H groups in total. The second-order valence-electron chi connectivity index (χ2n) is 4.24. The summed E-state index contributed by atoms with van der Waals surface area (Å²) < 4.78 is 0. The second kappa shape index (κ2) is 9.93. The van der Waals surface area contributed by atoms with Crippen LogP contribution >= 0.6 is 0 Å². The Balaban J connectivity index is 0.000000313. The average Bonchev–Trinajstić information content (AvgIpc) is 3.21. The summed E-state index contributed by atoms with van der Waals surface area (Å²) in [6.07, 6.45) is 21.3. The van der Waals surface area contributed by atoms with Crippen molar-refractivity contribution in [3.63, 3.8) is 0 Å². The van der Waals surface area contributed by atoms with Crippen molar-refractivity contribution in [1.82, 2.24) is 0 Å². The molecule has 1 aromatic carbocycles. The molecule has 0 atom stereocenters. The minimum atomic E-state index is 0. The number of allylic oxidation sites excluding steroid dienone is 10. The molecule has 0 spiro atoms. The minimum absolute atomic E-state index is 0. The van der Waals surface area contributed by atoms with Crippen molar-refractivity contribution in [2.24, 2.45) is 0 Å². The van der Waals surface area contributed by atoms with Crippen LogP contribution < -0.4 is 0 Å². The van der Waals surface area contributed by atoms with Crippen LogP contribution in [-0.4, -0.2) is 5.78 Å². The van der Waals surface area contributed by atoms with E-state index >= 15 is 0 Å². The van der Waals surface area contributed by atoms with Crippen molar-refractivity contribution in [3.05, 3.63) is 109 Å². The van der Waals surface area contributed by atoms with E-state index in [2.05, 4.69) is 0 Å². The Kier molecular flexibility index (Phi) is 8.11. The molecule has 0 fully saturated rings. The van der Waals surface area contributed by atoms with Gasteiger partial charge in [-0.15, -0.1) is 0 Å². The van der Waals surface area contributed by atoms with Gasteiger partial charge in [0.2, 0.25) is 0 Å². The van der Waals surface area contributed by atoms with E-state index in [1.54, 1.807) is 6.08 Å². The maximum Gasteiger partial charge on any atom is 0.185 e. The Labute approximate surface area is 136 Å². The van der Waals surface area contributed by atoms with Crippen LogP contribution in [0, 0.1) is 12.8 Å². The number of rotatable bonds is 3. The fourth-order valence-corrected chi connectivity index (χ4v) is 1.69. The van der Waals surface area contributed by atoms with Crippen LogP contribution in [0.2, 0.25) is 0 Å². The largest absolute Gasteiger partial charge is 0.289 e. The fourth-order valence-electron chi connectivity index (χ4n) is 1.69. The molecule has 2 aliphatic rings. The zero-order valence-corrected chi connectivity index (χ0v) is 12.6. The van der Waals surface area contributed by atoms with Gasteiger partial charge in [0, 0.05) is 35.5 Å². The van der Waals surface area contributed by atoms with Crippen LogP contribution in [0.1, 0.15) is 10.4 Å². The van der Waals surface area contributed by atoms with Crippen molar-refractivity contribution in [3.8, 4) is 0 Å². The number of benzene rings is 1. The standard InChI is InChI=1S/C14H11O.C5H5.Fe/c15-14(13-8-2-1-3-9-13)11-10-12-6-4-5-7-12;1-2-4-5-3-1;/h1-11H;1-5H;/b11-10+;;. The number of ketones is 1. The van der Waals surface area contributed by atoms with Gasteiger partial charge in [0.1, 0.15) is 0 Å². The first-order valence-electron chi connectivity index (χ1n) is 6.52. The molecule has 1 nitrogen and oxygen atoms in total. The zero-order chi connectivity index (χ0) is 14.0. The summed E-state index contributed by atoms with van der Waals surface area (Å²) >= 11 is 0. The Morgan fingerprint density at radius 1 is 0.857 bits per heavy atom. The van der Waals surface area contributed by atoms with Gasteiger partial charge in [0.15, 0.2) is 5.78 Å². The molecule has 106 valence electrons. The number of hydrogen-bond donors (Lipinski definition) is 0. The van der Waals surface area contributed by atoms with Crippen LogP contribution in [0.3, 0.4) is 0 Å². The molecule has 0 bridgehead atoms. The van der Waals surface area contributed by atoms with E-state index < -0.39 is 0 Å². The molecule has 2 heteroatoms. The van der Waals surface area contributed by atoms with Crippen molar-refractivity contribution in [2.75, 3.05) is 0 Å². The predicted octanol–water partition coefficient (Wildman–Crippen LogP) is 4.44. The van der Waals surface area contributed by atoms with E-state index in [4.69, 9.17) is 0 Å². The van der Waals surface area contributed by atoms with Gasteiger partial charge in [0.25, 0.3) is 0 Å². The normalized spacial score (nSPS) is 14.6. The molecular formula is C19H16FeO. The molecule has 21 heavy (non-hydrogen) atoms. The first-order valence-corrected chi connectivity index (χ1v) is 6.52. The summed E-state index contributed by atoms with van der Waals surface area (Å²) in [6, 6.07) is 9.26. The van der Waals surface area contributed by atoms with Gasteiger partial charge in [-0.1, -0.05) is 78.9 Å². The van der Waals surface area contributed by atoms with E-state index in [1.807, 2.05) is 91.8 Å². The fraction of sp³-hybridized carbons (Fsp3) is 0. The third-order valence-corrected chi connectivity index (χ3v) is 2.73. The summed E-state index contributed by atoms with van der Waals surface area (Å²) in [7, 11) is 0. The molecule has 0 heterocycles. The molecule has 1 aromatic rings. The van der Waals surface area contributed by atoms with Gasteiger partial charge in [-0.3, -0.25) is 4.79 Å². The van der Waals surface area contributed by atoms with E-state index in [1.165, 1.54) is 0 Å². The summed E-state index contributed by atoms with van der Waals surface area (Å²) in [4.78, 5) is 11.7. The predicted molar refractivity (Wildman–Crippen MR) is 84.0 cm³/mol. The molecule has 0 aromatic heterocycles. The van der Waals surface area contributed by atoms with Crippen molar-refractivity contribution >= 4 is 5.78 Å². The quantitative estimate of drug-likeness (QED) is 0.458. The van der Waals surface area contributed by atoms with Crippen molar-refractivity contribution in [1.29, 1.82) is 0 Å². The summed E-state index contributed by atoms with van der Waals surface area (Å²) in [6.45, 7) is 0. The molecule has 0 aliphatic heterocycles. The van der Waals surface area contributed by atoms with E-state index in [0.29, 0.717) is 0 Å². The van der Waals surface area contributed by atoms with Crippen LogP contribution in [0.15, 0.2) is 90.6 Å². The Morgan fingerprint density at radius 3 is 2.10 bits per heavy atom. The maximum atomic E-state index is 11.7. The van der Waals surface area contributed by atoms with Gasteiger partial charge >= 0.3 is 0 Å². The van der Waals surface area contributed by atoms with Crippen LogP contribution in [0.25, 0.3) is 0 Å². The first kappa shape index (κ1) is 17.2. The number of carbonyl (C=O) groups excluding carboxylic acids is 1. The summed E-state index contributed by atoms with van der Waals surface area (Å²) in [5, 5.41) is 0. The molecule has 0 saturated heterocycles. The number of hydrogen-bond acceptors (Lipinski definition) is 1. The van der Waals surface area contributed by atoms with E-state index in [9.17, 15) is 4.79 Å². The van der Waals surface area contributed by atoms with Crippen LogP contribution in [-0.2, 0) is 17.1 Å². The van der Waals surface area contributed by atoms with Crippen LogP contribution in [0.5, 0.6) is 0 Å². The molecule has 0 unspecified atom stereocenters. The topological polar surface area (TPSA) is 17.1 Å². The minimum Gasteiger partial charge on any atom is -0.289 e. The van der Waals surface area contributed by atoms with E-state index in [-0.39, 0.29) is 22.9 Å². The third-order valence-electron chi connectivity index (χ3n) is 2.73. The molecular weight excluding hydrogens is 300 g/mol. The monoisotopic (exact) mass is 316 g/mol. The average molecular weight is 316 g/mol. The van der Waals surface area contributed by atoms with E-state index in [0.717, 1.165) is 11.1 Å². The van der Waals surface area contributed by atoms with Crippen molar-refractivity contribution in [2.45, 2.75) is 0 Å². The van der Waals surface area contributed by atoms with Gasteiger partial charge in [0.05, 0.1) is 0 Å². The smallest absolute Gasteiger partial charge is 0.185 e. The molecule has 2 aliphatic carbocycles.